The Morgan fingerprint density at radius 2 is 1.27 bits per heavy atom. The van der Waals surface area contributed by atoms with Crippen molar-refractivity contribution in [2.24, 2.45) is 0 Å². The number of fused-ring (bicyclic) bond motifs is 6. The average molecular weight is 666 g/mol. The Labute approximate surface area is 302 Å². The summed E-state index contributed by atoms with van der Waals surface area (Å²) in [6.45, 7) is 0. The van der Waals surface area contributed by atoms with Gasteiger partial charge in [-0.15, -0.1) is 0 Å². The third-order valence-corrected chi connectivity index (χ3v) is 10.3. The summed E-state index contributed by atoms with van der Waals surface area (Å²) in [5.41, 5.74) is 14.6. The van der Waals surface area contributed by atoms with E-state index in [2.05, 4.69) is 118 Å². The van der Waals surface area contributed by atoms with Gasteiger partial charge in [-0.05, 0) is 121 Å². The van der Waals surface area contributed by atoms with Gasteiger partial charge in [0.25, 0.3) is 0 Å². The number of hydrogen-bond donors (Lipinski definition) is 0. The first-order valence-electron chi connectivity index (χ1n) is 17.6. The van der Waals surface area contributed by atoms with Crippen molar-refractivity contribution in [1.29, 1.82) is 15.8 Å². The predicted molar refractivity (Wildman–Crippen MR) is 211 cm³/mol. The predicted octanol–water partition coefficient (Wildman–Crippen LogP) is 11.1. The van der Waals surface area contributed by atoms with Crippen LogP contribution in [0.4, 0.5) is 0 Å². The van der Waals surface area contributed by atoms with Crippen LogP contribution in [0.5, 0.6) is 0 Å². The molecule has 0 amide bonds. The van der Waals surface area contributed by atoms with Crippen molar-refractivity contribution in [2.45, 2.75) is 25.7 Å². The summed E-state index contributed by atoms with van der Waals surface area (Å²) in [5, 5.41) is 31.7. The Hall–Kier alpha value is -7.13. The third-order valence-electron chi connectivity index (χ3n) is 10.3. The van der Waals surface area contributed by atoms with E-state index in [1.54, 1.807) is 0 Å². The van der Waals surface area contributed by atoms with Crippen molar-refractivity contribution in [3.8, 4) is 35.0 Å². The number of aromatic nitrogens is 2. The zero-order valence-corrected chi connectivity index (χ0v) is 28.3. The van der Waals surface area contributed by atoms with Crippen LogP contribution in [0.25, 0.3) is 68.1 Å². The highest BCUT2D eigenvalue weighted by molar-refractivity contribution is 6.13. The van der Waals surface area contributed by atoms with Gasteiger partial charge in [0.1, 0.15) is 0 Å². The monoisotopic (exact) mass is 665 g/mol. The molecule has 0 unspecified atom stereocenters. The van der Waals surface area contributed by atoms with E-state index >= 15 is 0 Å². The van der Waals surface area contributed by atoms with Crippen LogP contribution >= 0.6 is 0 Å². The van der Waals surface area contributed by atoms with Crippen LogP contribution < -0.4 is 0 Å². The molecule has 0 atom stereocenters. The SMILES string of the molecule is N#Cc1ccc(-c2cccc(-n3c4c(c5c3C=CCC5)C=CCC=C4)c2)c(C2=C(n3c4ccc(C#N)cc4c4ccc(C#N)cc43)C=CCC=C2)c1. The fourth-order valence-electron chi connectivity index (χ4n) is 7.97. The number of nitrogens with zero attached hydrogens (tertiary/aromatic N) is 5. The number of benzene rings is 4. The highest BCUT2D eigenvalue weighted by atomic mass is 15.0. The third kappa shape index (κ3) is 4.98. The van der Waals surface area contributed by atoms with Gasteiger partial charge in [0, 0.05) is 33.3 Å². The average Bonchev–Trinajstić information content (AvgIpc) is 3.39. The molecule has 5 heteroatoms. The van der Waals surface area contributed by atoms with Crippen LogP contribution in [0.15, 0.2) is 121 Å². The molecule has 2 aromatic heterocycles. The van der Waals surface area contributed by atoms with E-state index in [-0.39, 0.29) is 0 Å². The molecule has 2 heterocycles. The van der Waals surface area contributed by atoms with E-state index in [0.717, 1.165) is 81.1 Å². The Morgan fingerprint density at radius 1 is 0.538 bits per heavy atom. The van der Waals surface area contributed by atoms with Gasteiger partial charge in [-0.25, -0.2) is 0 Å². The van der Waals surface area contributed by atoms with Crippen LogP contribution in [-0.4, -0.2) is 9.13 Å². The van der Waals surface area contributed by atoms with E-state index in [1.165, 1.54) is 22.5 Å². The summed E-state index contributed by atoms with van der Waals surface area (Å²) in [4.78, 5) is 0. The molecule has 9 rings (SSSR count). The van der Waals surface area contributed by atoms with Gasteiger partial charge in [-0.2, -0.15) is 15.8 Å². The van der Waals surface area contributed by atoms with Gasteiger partial charge in [-0.3, -0.25) is 0 Å². The first-order valence-corrected chi connectivity index (χ1v) is 17.6. The Balaban J connectivity index is 1.30. The van der Waals surface area contributed by atoms with E-state index in [4.69, 9.17) is 0 Å². The maximum Gasteiger partial charge on any atom is 0.0992 e. The molecule has 6 aromatic rings. The molecule has 3 aliphatic carbocycles. The van der Waals surface area contributed by atoms with Gasteiger partial charge < -0.3 is 9.13 Å². The van der Waals surface area contributed by atoms with Crippen LogP contribution in [0.1, 0.15) is 64.0 Å². The molecule has 0 spiro atoms. The lowest BCUT2D eigenvalue weighted by Gasteiger charge is -2.19. The van der Waals surface area contributed by atoms with Crippen molar-refractivity contribution in [3.63, 3.8) is 0 Å². The minimum absolute atomic E-state index is 0.557. The van der Waals surface area contributed by atoms with Crippen molar-refractivity contribution < 1.29 is 0 Å². The molecule has 3 aliphatic rings. The second kappa shape index (κ2) is 12.6. The second-order valence-electron chi connectivity index (χ2n) is 13.3. The van der Waals surface area contributed by atoms with Crippen molar-refractivity contribution in [3.05, 3.63) is 166 Å². The Morgan fingerprint density at radius 3 is 2.13 bits per heavy atom. The highest BCUT2D eigenvalue weighted by Gasteiger charge is 2.23. The van der Waals surface area contributed by atoms with Crippen LogP contribution in [-0.2, 0) is 6.42 Å². The lowest BCUT2D eigenvalue weighted by atomic mass is 9.91. The van der Waals surface area contributed by atoms with E-state index in [1.807, 2.05) is 48.5 Å². The topological polar surface area (TPSA) is 81.2 Å². The van der Waals surface area contributed by atoms with Gasteiger partial charge in [0.2, 0.25) is 0 Å². The van der Waals surface area contributed by atoms with Gasteiger partial charge in [-0.1, -0.05) is 66.8 Å². The first-order chi connectivity index (χ1) is 25.7. The van der Waals surface area contributed by atoms with Gasteiger partial charge in [0.05, 0.1) is 57.3 Å². The maximum absolute atomic E-state index is 10.2. The first kappa shape index (κ1) is 30.9. The highest BCUT2D eigenvalue weighted by Crippen LogP contribution is 2.41. The molecule has 0 radical (unpaired) electrons. The fraction of sp³-hybridized carbons (Fsp3) is 0.0851. The molecule has 5 nitrogen and oxygen atoms in total. The van der Waals surface area contributed by atoms with E-state index < -0.39 is 0 Å². The van der Waals surface area contributed by atoms with E-state index in [0.29, 0.717) is 16.7 Å². The summed E-state index contributed by atoms with van der Waals surface area (Å²) in [5.74, 6) is 0. The van der Waals surface area contributed by atoms with Crippen LogP contribution in [0.3, 0.4) is 0 Å². The van der Waals surface area contributed by atoms with Crippen LogP contribution in [0.2, 0.25) is 0 Å². The molecular formula is C47H31N5. The number of rotatable bonds is 4. The van der Waals surface area contributed by atoms with Gasteiger partial charge >= 0.3 is 0 Å². The molecular weight excluding hydrogens is 635 g/mol. The quantitative estimate of drug-likeness (QED) is 0.188. The van der Waals surface area contributed by atoms with Crippen molar-refractivity contribution >= 4 is 51.3 Å². The number of allylic oxidation sites excluding steroid dienone is 9. The molecule has 244 valence electrons. The normalized spacial score (nSPS) is 14.5. The largest absolute Gasteiger partial charge is 0.310 e. The molecule has 4 aromatic carbocycles. The molecule has 0 aliphatic heterocycles. The van der Waals surface area contributed by atoms with E-state index in [9.17, 15) is 15.8 Å². The number of hydrogen-bond acceptors (Lipinski definition) is 3. The maximum atomic E-state index is 10.2. The molecule has 0 bridgehead atoms. The smallest absolute Gasteiger partial charge is 0.0992 e. The summed E-state index contributed by atoms with van der Waals surface area (Å²) >= 11 is 0. The molecule has 0 fully saturated rings. The lowest BCUT2D eigenvalue weighted by Crippen LogP contribution is -2.03. The summed E-state index contributed by atoms with van der Waals surface area (Å²) in [6, 6.07) is 33.1. The summed E-state index contributed by atoms with van der Waals surface area (Å²) in [7, 11) is 0. The summed E-state index contributed by atoms with van der Waals surface area (Å²) < 4.78 is 4.58. The van der Waals surface area contributed by atoms with Crippen molar-refractivity contribution in [2.75, 3.05) is 0 Å². The number of nitriles is 3. The summed E-state index contributed by atoms with van der Waals surface area (Å²) in [6.07, 6.45) is 25.8. The molecule has 52 heavy (non-hydrogen) atoms. The lowest BCUT2D eigenvalue weighted by molar-refractivity contribution is 0.955. The zero-order valence-electron chi connectivity index (χ0n) is 28.3. The molecule has 0 N–H and O–H groups in total. The Bertz CT molecular complexity index is 2820. The standard InChI is InChI=1S/C47H31N5/c48-28-31-18-21-36(34-10-9-11-35(27-34)51-43-15-5-1-3-12-37(43)38-14-7-8-17-44(38)51)41(24-31)39-13-4-2-6-16-45(39)52-46-23-20-32(29-49)25-42(46)40-22-19-33(30-50)26-47(40)52/h3-6,8-13,15-27H,1-2,7,14H2. The minimum atomic E-state index is 0.557. The molecule has 0 saturated carbocycles. The fourth-order valence-corrected chi connectivity index (χ4v) is 7.97. The van der Waals surface area contributed by atoms with Crippen molar-refractivity contribution in [1.82, 2.24) is 9.13 Å². The zero-order chi connectivity index (χ0) is 35.2. The Kier molecular flexibility index (Phi) is 7.51. The van der Waals surface area contributed by atoms with Gasteiger partial charge in [0.15, 0.2) is 0 Å². The second-order valence-corrected chi connectivity index (χ2v) is 13.3. The molecule has 0 saturated heterocycles. The van der Waals surface area contributed by atoms with Crippen LogP contribution in [0, 0.1) is 34.0 Å². The minimum Gasteiger partial charge on any atom is -0.310 e.